The van der Waals surface area contributed by atoms with E-state index in [2.05, 4.69) is 53.3 Å². The summed E-state index contributed by atoms with van der Waals surface area (Å²) in [5.74, 6) is 0. The molecule has 0 atom stereocenters. The molecule has 0 radical (unpaired) electrons. The maximum atomic E-state index is 8.89. The summed E-state index contributed by atoms with van der Waals surface area (Å²) in [6, 6.07) is 14.1. The molecule has 0 fully saturated rings. The molecular weight excluding hydrogens is 300 g/mol. The maximum Gasteiger partial charge on any atom is 0.0991 e. The van der Waals surface area contributed by atoms with E-state index in [0.29, 0.717) is 12.1 Å². The zero-order chi connectivity index (χ0) is 13.8. The molecule has 0 bridgehead atoms. The van der Waals surface area contributed by atoms with Crippen LogP contribution in [0.4, 0.5) is 5.69 Å². The van der Waals surface area contributed by atoms with Crippen LogP contribution in [0.25, 0.3) is 0 Å². The third kappa shape index (κ3) is 3.36. The first-order valence-corrected chi connectivity index (χ1v) is 6.89. The summed E-state index contributed by atoms with van der Waals surface area (Å²) in [5, 5.41) is 12.3. The molecule has 0 aliphatic rings. The van der Waals surface area contributed by atoms with Gasteiger partial charge in [0.1, 0.15) is 0 Å². The fourth-order valence-corrected chi connectivity index (χ4v) is 2.89. The Morgan fingerprint density at radius 1 is 1.21 bits per heavy atom. The van der Waals surface area contributed by atoms with Crippen molar-refractivity contribution in [2.75, 3.05) is 5.32 Å². The molecule has 0 aromatic heterocycles. The number of benzene rings is 2. The van der Waals surface area contributed by atoms with Gasteiger partial charge in [0, 0.05) is 11.0 Å². The highest BCUT2D eigenvalue weighted by atomic mass is 79.9. The van der Waals surface area contributed by atoms with Crippen molar-refractivity contribution in [2.24, 2.45) is 0 Å². The predicted octanol–water partition coefficient (Wildman–Crippen LogP) is 4.55. The van der Waals surface area contributed by atoms with Gasteiger partial charge in [-0.3, -0.25) is 0 Å². The van der Waals surface area contributed by atoms with Gasteiger partial charge in [0.2, 0.25) is 0 Å². The van der Waals surface area contributed by atoms with Crippen molar-refractivity contribution in [3.63, 3.8) is 0 Å². The molecule has 2 rings (SSSR count). The average molecular weight is 315 g/mol. The minimum atomic E-state index is 0.694. The fourth-order valence-electron chi connectivity index (χ4n) is 2.08. The number of hydrogen-bond donors (Lipinski definition) is 1. The fraction of sp³-hybridized carbons (Fsp3) is 0.188. The van der Waals surface area contributed by atoms with E-state index < -0.39 is 0 Å². The lowest BCUT2D eigenvalue weighted by molar-refractivity contribution is 1.13. The highest BCUT2D eigenvalue weighted by molar-refractivity contribution is 9.10. The zero-order valence-electron chi connectivity index (χ0n) is 11.0. The van der Waals surface area contributed by atoms with Crippen molar-refractivity contribution in [3.8, 4) is 6.07 Å². The van der Waals surface area contributed by atoms with Crippen molar-refractivity contribution in [3.05, 3.63) is 63.1 Å². The number of nitriles is 1. The quantitative estimate of drug-likeness (QED) is 0.902. The lowest BCUT2D eigenvalue weighted by Gasteiger charge is -2.13. The van der Waals surface area contributed by atoms with Gasteiger partial charge in [0.05, 0.1) is 17.3 Å². The largest absolute Gasteiger partial charge is 0.380 e. The van der Waals surface area contributed by atoms with Gasteiger partial charge in [-0.2, -0.15) is 5.26 Å². The monoisotopic (exact) mass is 314 g/mol. The molecule has 0 spiro atoms. The molecule has 0 aliphatic heterocycles. The van der Waals surface area contributed by atoms with Crippen LogP contribution >= 0.6 is 15.9 Å². The molecule has 2 nitrogen and oxygen atoms in total. The van der Waals surface area contributed by atoms with Crippen LogP contribution in [0.15, 0.2) is 40.9 Å². The molecule has 96 valence electrons. The van der Waals surface area contributed by atoms with Gasteiger partial charge < -0.3 is 5.32 Å². The van der Waals surface area contributed by atoms with E-state index in [-0.39, 0.29) is 0 Å². The molecule has 0 amide bonds. The van der Waals surface area contributed by atoms with Crippen LogP contribution in [0, 0.1) is 25.2 Å². The lowest BCUT2D eigenvalue weighted by atomic mass is 10.1. The van der Waals surface area contributed by atoms with E-state index in [1.54, 1.807) is 0 Å². The number of hydrogen-bond acceptors (Lipinski definition) is 2. The Labute approximate surface area is 122 Å². The summed E-state index contributed by atoms with van der Waals surface area (Å²) in [6.07, 6.45) is 0. The summed E-state index contributed by atoms with van der Waals surface area (Å²) in [6.45, 7) is 4.88. The number of rotatable bonds is 3. The molecule has 3 heteroatoms. The van der Waals surface area contributed by atoms with Gasteiger partial charge >= 0.3 is 0 Å². The minimum absolute atomic E-state index is 0.694. The topological polar surface area (TPSA) is 35.8 Å². The van der Waals surface area contributed by atoms with Crippen molar-refractivity contribution in [2.45, 2.75) is 20.4 Å². The summed E-state index contributed by atoms with van der Waals surface area (Å²) in [4.78, 5) is 0. The Morgan fingerprint density at radius 2 is 2.00 bits per heavy atom. The SMILES string of the molecule is Cc1cc(C)c(NCc2cccc(C#N)c2)c(Br)c1. The van der Waals surface area contributed by atoms with Crippen LogP contribution in [0.2, 0.25) is 0 Å². The second-order valence-corrected chi connectivity index (χ2v) is 5.46. The lowest BCUT2D eigenvalue weighted by Crippen LogP contribution is -2.02. The second-order valence-electron chi connectivity index (χ2n) is 4.60. The van der Waals surface area contributed by atoms with E-state index in [0.717, 1.165) is 15.7 Å². The number of nitrogens with one attached hydrogen (secondary N) is 1. The van der Waals surface area contributed by atoms with Crippen molar-refractivity contribution < 1.29 is 0 Å². The predicted molar refractivity (Wildman–Crippen MR) is 82.1 cm³/mol. The van der Waals surface area contributed by atoms with Crippen LogP contribution < -0.4 is 5.32 Å². The molecular formula is C16H15BrN2. The molecule has 0 heterocycles. The highest BCUT2D eigenvalue weighted by Crippen LogP contribution is 2.28. The first-order valence-electron chi connectivity index (χ1n) is 6.10. The van der Waals surface area contributed by atoms with Gasteiger partial charge in [-0.25, -0.2) is 0 Å². The van der Waals surface area contributed by atoms with E-state index in [1.165, 1.54) is 11.1 Å². The van der Waals surface area contributed by atoms with E-state index in [4.69, 9.17) is 5.26 Å². The third-order valence-corrected chi connectivity index (χ3v) is 3.58. The van der Waals surface area contributed by atoms with Crippen LogP contribution in [0.5, 0.6) is 0 Å². The van der Waals surface area contributed by atoms with Gasteiger partial charge in [0.15, 0.2) is 0 Å². The molecule has 2 aromatic carbocycles. The number of halogens is 1. The maximum absolute atomic E-state index is 8.89. The van der Waals surface area contributed by atoms with Gasteiger partial charge in [-0.1, -0.05) is 18.2 Å². The average Bonchev–Trinajstić information content (AvgIpc) is 2.37. The zero-order valence-corrected chi connectivity index (χ0v) is 12.6. The highest BCUT2D eigenvalue weighted by Gasteiger charge is 2.04. The molecule has 1 N–H and O–H groups in total. The Kier molecular flexibility index (Phi) is 4.24. The number of aryl methyl sites for hydroxylation is 2. The second kappa shape index (κ2) is 5.90. The van der Waals surface area contributed by atoms with Crippen molar-refractivity contribution in [1.29, 1.82) is 5.26 Å². The van der Waals surface area contributed by atoms with Gasteiger partial charge in [-0.05, 0) is 64.7 Å². The van der Waals surface area contributed by atoms with E-state index in [1.807, 2.05) is 24.3 Å². The number of nitrogens with zero attached hydrogens (tertiary/aromatic N) is 1. The Balaban J connectivity index is 2.17. The van der Waals surface area contributed by atoms with Crippen LogP contribution in [0.3, 0.4) is 0 Å². The van der Waals surface area contributed by atoms with Gasteiger partial charge in [-0.15, -0.1) is 0 Å². The van der Waals surface area contributed by atoms with E-state index in [9.17, 15) is 0 Å². The van der Waals surface area contributed by atoms with Crippen LogP contribution in [0.1, 0.15) is 22.3 Å². The molecule has 0 unspecified atom stereocenters. The van der Waals surface area contributed by atoms with Crippen LogP contribution in [-0.2, 0) is 6.54 Å². The molecule has 0 saturated carbocycles. The number of anilines is 1. The first-order chi connectivity index (χ1) is 9.10. The molecule has 0 saturated heterocycles. The standard InChI is InChI=1S/C16H15BrN2/c1-11-6-12(2)16(15(17)7-11)19-10-14-5-3-4-13(8-14)9-18/h3-8,19H,10H2,1-2H3. The Morgan fingerprint density at radius 3 is 2.68 bits per heavy atom. The molecule has 0 aliphatic carbocycles. The summed E-state index contributed by atoms with van der Waals surface area (Å²) in [7, 11) is 0. The normalized spacial score (nSPS) is 10.0. The van der Waals surface area contributed by atoms with Crippen molar-refractivity contribution in [1.82, 2.24) is 0 Å². The Bertz CT molecular complexity index is 618. The summed E-state index contributed by atoms with van der Waals surface area (Å²) >= 11 is 3.58. The summed E-state index contributed by atoms with van der Waals surface area (Å²) < 4.78 is 1.07. The third-order valence-electron chi connectivity index (χ3n) is 2.96. The first kappa shape index (κ1) is 13.6. The summed E-state index contributed by atoms with van der Waals surface area (Å²) in [5.41, 5.74) is 5.35. The van der Waals surface area contributed by atoms with Gasteiger partial charge in [0.25, 0.3) is 0 Å². The van der Waals surface area contributed by atoms with Crippen LogP contribution in [-0.4, -0.2) is 0 Å². The molecule has 2 aromatic rings. The van der Waals surface area contributed by atoms with Crippen molar-refractivity contribution >= 4 is 21.6 Å². The Hall–Kier alpha value is -1.79. The molecule has 19 heavy (non-hydrogen) atoms. The smallest absolute Gasteiger partial charge is 0.0991 e. The minimum Gasteiger partial charge on any atom is -0.380 e. The van der Waals surface area contributed by atoms with E-state index >= 15 is 0 Å².